The van der Waals surface area contributed by atoms with Gasteiger partial charge in [-0.15, -0.1) is 0 Å². The highest BCUT2D eigenvalue weighted by molar-refractivity contribution is 6.31. The Morgan fingerprint density at radius 3 is 2.23 bits per heavy atom. The summed E-state index contributed by atoms with van der Waals surface area (Å²) in [6.07, 6.45) is 0. The fourth-order valence-electron chi connectivity index (χ4n) is 2.01. The predicted octanol–water partition coefficient (Wildman–Crippen LogP) is 1.75. The molecule has 0 aliphatic carbocycles. The minimum atomic E-state index is -3.39. The van der Waals surface area contributed by atoms with Crippen LogP contribution in [0.2, 0.25) is 5.02 Å². The average molecular weight is 334 g/mol. The molecule has 0 N–H and O–H groups in total. The smallest absolute Gasteiger partial charge is 0.356 e. The van der Waals surface area contributed by atoms with Crippen LogP contribution in [0.5, 0.6) is 0 Å². The van der Waals surface area contributed by atoms with Gasteiger partial charge < -0.3 is 9.47 Å². The number of rotatable bonds is 6. The number of hydrogen-bond acceptors (Lipinski definition) is 6. The van der Waals surface area contributed by atoms with Crippen molar-refractivity contribution in [3.05, 3.63) is 45.0 Å². The Hall–Kier alpha value is -2.22. The summed E-state index contributed by atoms with van der Waals surface area (Å²) in [5.74, 6) is -4.98. The van der Waals surface area contributed by atoms with Gasteiger partial charge in [-0.2, -0.15) is 0 Å². The van der Waals surface area contributed by atoms with E-state index >= 15 is 4.39 Å². The Morgan fingerprint density at radius 1 is 1.32 bits per heavy atom. The highest BCUT2D eigenvalue weighted by Crippen LogP contribution is 2.38. The second-order valence-corrected chi connectivity index (χ2v) is 4.69. The lowest BCUT2D eigenvalue weighted by atomic mass is 9.83. The Morgan fingerprint density at radius 2 is 1.82 bits per heavy atom. The molecule has 0 saturated heterocycles. The molecular weight excluding hydrogens is 321 g/mol. The van der Waals surface area contributed by atoms with Crippen molar-refractivity contribution in [2.24, 2.45) is 0 Å². The molecular formula is C13H13ClFNO6. The maximum atomic E-state index is 15.2. The second-order valence-electron chi connectivity index (χ2n) is 4.28. The average Bonchev–Trinajstić information content (AvgIpc) is 2.50. The van der Waals surface area contributed by atoms with Crippen LogP contribution in [-0.4, -0.2) is 43.3 Å². The lowest BCUT2D eigenvalue weighted by Crippen LogP contribution is -2.51. The molecule has 22 heavy (non-hydrogen) atoms. The van der Waals surface area contributed by atoms with Crippen molar-refractivity contribution in [1.29, 1.82) is 0 Å². The van der Waals surface area contributed by atoms with E-state index in [1.807, 2.05) is 0 Å². The summed E-state index contributed by atoms with van der Waals surface area (Å²) in [5, 5.41) is 10.8. The van der Waals surface area contributed by atoms with Gasteiger partial charge in [0.15, 0.2) is 0 Å². The van der Waals surface area contributed by atoms with Crippen molar-refractivity contribution in [2.75, 3.05) is 20.8 Å². The Labute approximate surface area is 130 Å². The van der Waals surface area contributed by atoms with Crippen LogP contribution in [0.1, 0.15) is 11.5 Å². The van der Waals surface area contributed by atoms with Crippen molar-refractivity contribution in [2.45, 2.75) is 11.6 Å². The van der Waals surface area contributed by atoms with Crippen LogP contribution < -0.4 is 0 Å². The summed E-state index contributed by atoms with van der Waals surface area (Å²) in [4.78, 5) is 33.6. The topological polar surface area (TPSA) is 95.7 Å². The summed E-state index contributed by atoms with van der Waals surface area (Å²) in [6, 6.07) is 5.61. The standard InChI is InChI=1S/C13H13ClFNO6/c1-21-11(17)13(15,12(18)22-2)9(7-16(19)20)8-5-3-4-6-10(8)14/h3-6,9H,7H2,1-2H3/t9-/m0/s1. The van der Waals surface area contributed by atoms with Gasteiger partial charge in [0.1, 0.15) is 5.92 Å². The second kappa shape index (κ2) is 7.17. The van der Waals surface area contributed by atoms with Crippen LogP contribution in [0.3, 0.4) is 0 Å². The number of methoxy groups -OCH3 is 2. The van der Waals surface area contributed by atoms with Crippen molar-refractivity contribution >= 4 is 23.5 Å². The quantitative estimate of drug-likeness (QED) is 0.340. The number of nitro groups is 1. The third-order valence-electron chi connectivity index (χ3n) is 3.06. The van der Waals surface area contributed by atoms with Crippen LogP contribution in [0.4, 0.5) is 4.39 Å². The highest BCUT2D eigenvalue weighted by Gasteiger charge is 2.59. The highest BCUT2D eigenvalue weighted by atomic mass is 35.5. The van der Waals surface area contributed by atoms with Crippen LogP contribution in [-0.2, 0) is 19.1 Å². The van der Waals surface area contributed by atoms with Crippen molar-refractivity contribution in [1.82, 2.24) is 0 Å². The van der Waals surface area contributed by atoms with Crippen LogP contribution >= 0.6 is 11.6 Å². The lowest BCUT2D eigenvalue weighted by molar-refractivity contribution is -0.485. The maximum absolute atomic E-state index is 15.2. The summed E-state index contributed by atoms with van der Waals surface area (Å²) in [5.41, 5.74) is -3.46. The monoisotopic (exact) mass is 333 g/mol. The van der Waals surface area contributed by atoms with Crippen molar-refractivity contribution < 1.29 is 28.4 Å². The number of carbonyl (C=O) groups is 2. The number of alkyl halides is 1. The van der Waals surface area contributed by atoms with E-state index in [9.17, 15) is 19.7 Å². The maximum Gasteiger partial charge on any atom is 0.356 e. The van der Waals surface area contributed by atoms with E-state index in [0.29, 0.717) is 0 Å². The fourth-order valence-corrected chi connectivity index (χ4v) is 2.28. The normalized spacial score (nSPS) is 12.4. The SMILES string of the molecule is COC(=O)C(F)(C(=O)OC)[C@@H](C[N+](=O)[O-])c1ccccc1Cl. The van der Waals surface area contributed by atoms with Gasteiger partial charge in [0.2, 0.25) is 6.54 Å². The van der Waals surface area contributed by atoms with E-state index in [1.165, 1.54) is 24.3 Å². The number of nitrogens with zero attached hydrogens (tertiary/aromatic N) is 1. The summed E-state index contributed by atoms with van der Waals surface area (Å²) in [7, 11) is 1.71. The summed E-state index contributed by atoms with van der Waals surface area (Å²) >= 11 is 5.91. The number of benzene rings is 1. The van der Waals surface area contributed by atoms with Crippen LogP contribution in [0.15, 0.2) is 24.3 Å². The first-order chi connectivity index (χ1) is 10.3. The summed E-state index contributed by atoms with van der Waals surface area (Å²) < 4.78 is 23.7. The van der Waals surface area contributed by atoms with Crippen molar-refractivity contribution in [3.63, 3.8) is 0 Å². The molecule has 9 heteroatoms. The largest absolute Gasteiger partial charge is 0.466 e. The zero-order valence-corrected chi connectivity index (χ0v) is 12.5. The number of hydrogen-bond donors (Lipinski definition) is 0. The molecule has 7 nitrogen and oxygen atoms in total. The van der Waals surface area contributed by atoms with Crippen LogP contribution in [0, 0.1) is 10.1 Å². The van der Waals surface area contributed by atoms with Gasteiger partial charge in [0.25, 0.3) is 0 Å². The molecule has 0 heterocycles. The van der Waals surface area contributed by atoms with E-state index in [4.69, 9.17) is 11.6 Å². The Balaban J connectivity index is 3.52. The minimum Gasteiger partial charge on any atom is -0.466 e. The molecule has 0 aliphatic heterocycles. The number of esters is 2. The Bertz CT molecular complexity index is 578. The molecule has 0 unspecified atom stereocenters. The molecule has 1 rings (SSSR count). The van der Waals surface area contributed by atoms with Gasteiger partial charge >= 0.3 is 17.6 Å². The number of carbonyl (C=O) groups excluding carboxylic acids is 2. The molecule has 1 aromatic rings. The van der Waals surface area contributed by atoms with E-state index in [2.05, 4.69) is 9.47 Å². The van der Waals surface area contributed by atoms with E-state index in [-0.39, 0.29) is 10.6 Å². The first-order valence-corrected chi connectivity index (χ1v) is 6.38. The molecule has 1 aromatic carbocycles. The lowest BCUT2D eigenvalue weighted by Gasteiger charge is -2.27. The number of halogens is 2. The van der Waals surface area contributed by atoms with E-state index in [1.54, 1.807) is 0 Å². The molecule has 0 spiro atoms. The molecule has 120 valence electrons. The molecule has 0 radical (unpaired) electrons. The van der Waals surface area contributed by atoms with Gasteiger partial charge in [-0.1, -0.05) is 29.8 Å². The fraction of sp³-hybridized carbons (Fsp3) is 0.385. The van der Waals surface area contributed by atoms with Gasteiger partial charge in [0, 0.05) is 9.95 Å². The van der Waals surface area contributed by atoms with Gasteiger partial charge in [-0.25, -0.2) is 14.0 Å². The molecule has 0 aliphatic rings. The third-order valence-corrected chi connectivity index (χ3v) is 3.40. The van der Waals surface area contributed by atoms with Gasteiger partial charge in [-0.05, 0) is 11.6 Å². The predicted molar refractivity (Wildman–Crippen MR) is 73.9 cm³/mol. The molecule has 0 saturated carbocycles. The first kappa shape index (κ1) is 17.8. The van der Waals surface area contributed by atoms with Gasteiger partial charge in [-0.3, -0.25) is 10.1 Å². The third kappa shape index (κ3) is 3.33. The molecule has 0 fully saturated rings. The summed E-state index contributed by atoms with van der Waals surface area (Å²) in [6.45, 7) is -1.05. The minimum absolute atomic E-state index is 0.0239. The van der Waals surface area contributed by atoms with Crippen LogP contribution in [0.25, 0.3) is 0 Å². The molecule has 0 aromatic heterocycles. The van der Waals surface area contributed by atoms with E-state index < -0.39 is 35.0 Å². The first-order valence-electron chi connectivity index (χ1n) is 6.01. The molecule has 0 bridgehead atoms. The van der Waals surface area contributed by atoms with E-state index in [0.717, 1.165) is 14.2 Å². The molecule has 1 atom stereocenters. The zero-order valence-electron chi connectivity index (χ0n) is 11.7. The van der Waals surface area contributed by atoms with Gasteiger partial charge in [0.05, 0.1) is 14.2 Å². The number of ether oxygens (including phenoxy) is 2. The Kier molecular flexibility index (Phi) is 5.81. The zero-order chi connectivity index (χ0) is 16.9. The van der Waals surface area contributed by atoms with Crippen molar-refractivity contribution in [3.8, 4) is 0 Å². The molecule has 0 amide bonds.